The van der Waals surface area contributed by atoms with Crippen LogP contribution in [0.15, 0.2) is 40.1 Å². The van der Waals surface area contributed by atoms with E-state index in [4.69, 9.17) is 14.2 Å². The van der Waals surface area contributed by atoms with Gasteiger partial charge in [0.25, 0.3) is 0 Å². The minimum Gasteiger partial charge on any atom is -0.493 e. The summed E-state index contributed by atoms with van der Waals surface area (Å²) >= 11 is 4.38. The molecule has 1 aliphatic heterocycles. The molecule has 0 aliphatic carbocycles. The van der Waals surface area contributed by atoms with Gasteiger partial charge >= 0.3 is 5.97 Å². The lowest BCUT2D eigenvalue weighted by Gasteiger charge is -2.28. The third kappa shape index (κ3) is 3.81. The number of nitriles is 1. The highest BCUT2D eigenvalue weighted by Gasteiger charge is 2.35. The Balaban J connectivity index is 2.63. The molecular formula is C19H22N2O4S. The van der Waals surface area contributed by atoms with E-state index in [-0.39, 0.29) is 6.10 Å². The van der Waals surface area contributed by atoms with E-state index < -0.39 is 11.9 Å². The van der Waals surface area contributed by atoms with Crippen LogP contribution in [0.4, 0.5) is 0 Å². The molecule has 0 amide bonds. The monoisotopic (exact) mass is 374 g/mol. The molecule has 1 aliphatic rings. The highest BCUT2D eigenvalue weighted by molar-refractivity contribution is 7.84. The Morgan fingerprint density at radius 3 is 2.46 bits per heavy atom. The summed E-state index contributed by atoms with van der Waals surface area (Å²) < 4.78 is 16.0. The number of carbonyl (C=O) groups is 1. The highest BCUT2D eigenvalue weighted by atomic mass is 32.1. The van der Waals surface area contributed by atoms with Gasteiger partial charge in [-0.25, -0.2) is 4.79 Å². The van der Waals surface area contributed by atoms with Crippen LogP contribution in [0.25, 0.3) is 0 Å². The predicted molar refractivity (Wildman–Crippen MR) is 101 cm³/mol. The van der Waals surface area contributed by atoms with Gasteiger partial charge in [0.2, 0.25) is 0 Å². The van der Waals surface area contributed by atoms with Crippen molar-refractivity contribution in [3.63, 3.8) is 0 Å². The molecule has 2 rings (SSSR count). The number of allylic oxidation sites excluding steroid dienone is 2. The molecule has 1 heterocycles. The van der Waals surface area contributed by atoms with Crippen molar-refractivity contribution in [3.8, 4) is 17.6 Å². The zero-order valence-electron chi connectivity index (χ0n) is 15.4. The van der Waals surface area contributed by atoms with Gasteiger partial charge in [0.15, 0.2) is 11.5 Å². The molecule has 138 valence electrons. The number of hydrogen-bond donors (Lipinski definition) is 2. The number of esters is 1. The molecule has 1 atom stereocenters. The van der Waals surface area contributed by atoms with Crippen molar-refractivity contribution in [2.24, 2.45) is 0 Å². The van der Waals surface area contributed by atoms with Crippen molar-refractivity contribution < 1.29 is 19.0 Å². The number of carbonyl (C=O) groups excluding carboxylic acids is 1. The van der Waals surface area contributed by atoms with Crippen LogP contribution >= 0.6 is 12.6 Å². The normalized spacial score (nSPS) is 16.9. The largest absolute Gasteiger partial charge is 0.493 e. The highest BCUT2D eigenvalue weighted by Crippen LogP contribution is 2.41. The van der Waals surface area contributed by atoms with Gasteiger partial charge in [0.05, 0.1) is 48.5 Å². The van der Waals surface area contributed by atoms with Crippen LogP contribution < -0.4 is 14.8 Å². The lowest BCUT2D eigenvalue weighted by Crippen LogP contribution is -2.29. The van der Waals surface area contributed by atoms with Crippen molar-refractivity contribution >= 4 is 18.6 Å². The molecule has 0 saturated heterocycles. The van der Waals surface area contributed by atoms with Crippen LogP contribution in [0.5, 0.6) is 11.5 Å². The Morgan fingerprint density at radius 2 is 1.92 bits per heavy atom. The Morgan fingerprint density at radius 1 is 1.27 bits per heavy atom. The minimum absolute atomic E-state index is 0.277. The van der Waals surface area contributed by atoms with Gasteiger partial charge in [0, 0.05) is 5.70 Å². The second-order valence-corrected chi connectivity index (χ2v) is 6.49. The van der Waals surface area contributed by atoms with E-state index in [0.29, 0.717) is 38.9 Å². The van der Waals surface area contributed by atoms with Crippen molar-refractivity contribution in [1.29, 1.82) is 5.26 Å². The summed E-state index contributed by atoms with van der Waals surface area (Å²) in [6, 6.07) is 7.44. The van der Waals surface area contributed by atoms with Gasteiger partial charge in [-0.3, -0.25) is 0 Å². The van der Waals surface area contributed by atoms with Crippen molar-refractivity contribution in [3.05, 3.63) is 45.6 Å². The van der Waals surface area contributed by atoms with E-state index in [1.165, 1.54) is 7.11 Å². The first-order valence-corrected chi connectivity index (χ1v) is 8.52. The summed E-state index contributed by atoms with van der Waals surface area (Å²) in [5.74, 6) is -0.0141. The first-order valence-electron chi connectivity index (χ1n) is 8.07. The SMILES string of the molecule is COc1ccc(C2C(C#N)=C(S)NC(C)=C2C(=O)OC(C)C)cc1OC. The molecule has 0 aromatic heterocycles. The number of methoxy groups -OCH3 is 2. The second-order valence-electron chi connectivity index (χ2n) is 6.04. The zero-order chi connectivity index (χ0) is 19.4. The Kier molecular flexibility index (Phi) is 6.22. The molecule has 1 aromatic carbocycles. The second kappa shape index (κ2) is 8.19. The number of thiol groups is 1. The molecular weight excluding hydrogens is 352 g/mol. The summed E-state index contributed by atoms with van der Waals surface area (Å²) in [7, 11) is 3.08. The van der Waals surface area contributed by atoms with Gasteiger partial charge in [0.1, 0.15) is 0 Å². The fourth-order valence-corrected chi connectivity index (χ4v) is 3.19. The molecule has 0 saturated carbocycles. The first kappa shape index (κ1) is 19.7. The Bertz CT molecular complexity index is 821. The number of dihydropyridines is 1. The van der Waals surface area contributed by atoms with E-state index >= 15 is 0 Å². The fourth-order valence-electron chi connectivity index (χ4n) is 2.84. The molecule has 1 unspecified atom stereocenters. The van der Waals surface area contributed by atoms with Crippen LogP contribution in [0, 0.1) is 11.3 Å². The average Bonchev–Trinajstić information content (AvgIpc) is 2.59. The molecule has 0 bridgehead atoms. The third-order valence-corrected chi connectivity index (χ3v) is 4.32. The molecule has 1 N–H and O–H groups in total. The van der Waals surface area contributed by atoms with E-state index in [0.717, 1.165) is 0 Å². The Hall–Kier alpha value is -2.59. The van der Waals surface area contributed by atoms with Gasteiger partial charge in [-0.15, -0.1) is 12.6 Å². The Labute approximate surface area is 158 Å². The summed E-state index contributed by atoms with van der Waals surface area (Å²) in [6.07, 6.45) is -0.277. The van der Waals surface area contributed by atoms with E-state index in [1.807, 2.05) is 0 Å². The maximum absolute atomic E-state index is 12.7. The maximum atomic E-state index is 12.7. The van der Waals surface area contributed by atoms with Crippen molar-refractivity contribution in [1.82, 2.24) is 5.32 Å². The first-order chi connectivity index (χ1) is 12.3. The summed E-state index contributed by atoms with van der Waals surface area (Å²) in [5.41, 5.74) is 2.02. The topological polar surface area (TPSA) is 80.6 Å². The van der Waals surface area contributed by atoms with Gasteiger partial charge < -0.3 is 19.5 Å². The van der Waals surface area contributed by atoms with E-state index in [9.17, 15) is 10.1 Å². The lowest BCUT2D eigenvalue weighted by atomic mass is 9.82. The molecule has 1 aromatic rings. The number of hydrogen-bond acceptors (Lipinski definition) is 7. The fraction of sp³-hybridized carbons (Fsp3) is 0.368. The van der Waals surface area contributed by atoms with Crippen LogP contribution in [0.3, 0.4) is 0 Å². The summed E-state index contributed by atoms with van der Waals surface area (Å²) in [6.45, 7) is 5.32. The minimum atomic E-state index is -0.611. The molecule has 0 spiro atoms. The molecule has 0 fully saturated rings. The third-order valence-electron chi connectivity index (χ3n) is 3.97. The van der Waals surface area contributed by atoms with Crippen molar-refractivity contribution in [2.75, 3.05) is 14.2 Å². The van der Waals surface area contributed by atoms with Crippen molar-refractivity contribution in [2.45, 2.75) is 32.8 Å². The summed E-state index contributed by atoms with van der Waals surface area (Å²) in [5, 5.41) is 13.0. The molecule has 26 heavy (non-hydrogen) atoms. The standard InChI is InChI=1S/C19H22N2O4S/c1-10(2)25-19(22)16-11(3)21-18(26)13(9-20)17(16)12-6-7-14(23-4)15(8-12)24-5/h6-8,10,17,21,26H,1-5H3. The van der Waals surface area contributed by atoms with Gasteiger partial charge in [-0.05, 0) is 38.5 Å². The molecule has 6 nitrogen and oxygen atoms in total. The number of benzene rings is 1. The number of nitrogens with one attached hydrogen (secondary N) is 1. The van der Waals surface area contributed by atoms with Crippen LogP contribution in [-0.4, -0.2) is 26.3 Å². The number of rotatable bonds is 5. The smallest absolute Gasteiger partial charge is 0.337 e. The van der Waals surface area contributed by atoms with E-state index in [2.05, 4.69) is 24.0 Å². The number of ether oxygens (including phenoxy) is 3. The molecule has 7 heteroatoms. The number of nitrogens with zero attached hydrogens (tertiary/aromatic N) is 1. The van der Waals surface area contributed by atoms with Crippen LogP contribution in [-0.2, 0) is 9.53 Å². The zero-order valence-corrected chi connectivity index (χ0v) is 16.3. The van der Waals surface area contributed by atoms with Crippen LogP contribution in [0.2, 0.25) is 0 Å². The average molecular weight is 374 g/mol. The lowest BCUT2D eigenvalue weighted by molar-refractivity contribution is -0.143. The quantitative estimate of drug-likeness (QED) is 0.608. The van der Waals surface area contributed by atoms with E-state index in [1.54, 1.807) is 46.1 Å². The van der Waals surface area contributed by atoms with Gasteiger partial charge in [-0.2, -0.15) is 5.26 Å². The summed E-state index contributed by atoms with van der Waals surface area (Å²) in [4.78, 5) is 12.7. The van der Waals surface area contributed by atoms with Crippen LogP contribution in [0.1, 0.15) is 32.3 Å². The molecule has 0 radical (unpaired) electrons. The maximum Gasteiger partial charge on any atom is 0.337 e. The van der Waals surface area contributed by atoms with Gasteiger partial charge in [-0.1, -0.05) is 6.07 Å². The predicted octanol–water partition coefficient (Wildman–Crippen LogP) is 3.28.